The van der Waals surface area contributed by atoms with Crippen molar-refractivity contribution in [1.82, 2.24) is 24.6 Å². The molecule has 0 atom stereocenters. The zero-order valence-corrected chi connectivity index (χ0v) is 14.4. The first-order chi connectivity index (χ1) is 11.8. The number of likely N-dealkylation sites (tertiary alicyclic amines) is 1. The van der Waals surface area contributed by atoms with E-state index >= 15 is 0 Å². The summed E-state index contributed by atoms with van der Waals surface area (Å²) >= 11 is 0. The van der Waals surface area contributed by atoms with Crippen molar-refractivity contribution in [3.8, 4) is 0 Å². The van der Waals surface area contributed by atoms with Crippen LogP contribution in [-0.4, -0.2) is 76.4 Å². The van der Waals surface area contributed by atoms with E-state index in [9.17, 15) is 0 Å². The maximum absolute atomic E-state index is 4.47. The molecule has 0 amide bonds. The molecule has 0 saturated carbocycles. The second-order valence-corrected chi connectivity index (χ2v) is 6.82. The molecule has 0 N–H and O–H groups in total. The van der Waals surface area contributed by atoms with Gasteiger partial charge in [0.2, 0.25) is 0 Å². The summed E-state index contributed by atoms with van der Waals surface area (Å²) in [5, 5.41) is 4.24. The average molecular weight is 326 g/mol. The van der Waals surface area contributed by atoms with Crippen molar-refractivity contribution >= 4 is 5.82 Å². The van der Waals surface area contributed by atoms with E-state index < -0.39 is 0 Å². The van der Waals surface area contributed by atoms with Crippen LogP contribution in [-0.2, 0) is 13.5 Å². The molecule has 4 heterocycles. The van der Waals surface area contributed by atoms with Crippen molar-refractivity contribution in [3.63, 3.8) is 0 Å². The van der Waals surface area contributed by atoms with Crippen LogP contribution < -0.4 is 4.90 Å². The molecule has 2 aromatic heterocycles. The summed E-state index contributed by atoms with van der Waals surface area (Å²) in [5.74, 6) is 1.11. The van der Waals surface area contributed by atoms with Crippen LogP contribution in [0, 0.1) is 0 Å². The van der Waals surface area contributed by atoms with Gasteiger partial charge in [0, 0.05) is 83.4 Å². The predicted octanol–water partition coefficient (Wildman–Crippen LogP) is 0.864. The molecule has 0 unspecified atom stereocenters. The Kier molecular flexibility index (Phi) is 4.49. The lowest BCUT2D eigenvalue weighted by Gasteiger charge is -2.48. The third-order valence-electron chi connectivity index (χ3n) is 5.35. The Morgan fingerprint density at radius 1 is 1.04 bits per heavy atom. The molecule has 128 valence electrons. The molecule has 2 aliphatic heterocycles. The van der Waals surface area contributed by atoms with E-state index in [1.165, 1.54) is 18.8 Å². The second-order valence-electron chi connectivity index (χ2n) is 6.82. The molecule has 6 nitrogen and oxygen atoms in total. The molecule has 0 spiro atoms. The Labute approximate surface area is 143 Å². The SMILES string of the molecule is Cn1nccc1CCN1CC(N2CCN(c3ccccn3)CC2)C1. The molecule has 2 aromatic rings. The highest BCUT2D eigenvalue weighted by atomic mass is 15.4. The van der Waals surface area contributed by atoms with Gasteiger partial charge in [0.05, 0.1) is 0 Å². The van der Waals surface area contributed by atoms with Gasteiger partial charge in [-0.2, -0.15) is 5.10 Å². The Morgan fingerprint density at radius 3 is 2.54 bits per heavy atom. The number of rotatable bonds is 5. The number of aryl methyl sites for hydroxylation is 1. The van der Waals surface area contributed by atoms with Crippen LogP contribution in [0.15, 0.2) is 36.7 Å². The minimum atomic E-state index is 0.738. The number of piperazine rings is 1. The fourth-order valence-electron chi connectivity index (χ4n) is 3.73. The highest BCUT2D eigenvalue weighted by Crippen LogP contribution is 2.19. The molecule has 6 heteroatoms. The normalized spacial score (nSPS) is 20.3. The molecule has 24 heavy (non-hydrogen) atoms. The van der Waals surface area contributed by atoms with E-state index in [2.05, 4.69) is 43.0 Å². The highest BCUT2D eigenvalue weighted by molar-refractivity contribution is 5.38. The zero-order valence-electron chi connectivity index (χ0n) is 14.4. The van der Waals surface area contributed by atoms with Gasteiger partial charge in [0.25, 0.3) is 0 Å². The molecular weight excluding hydrogens is 300 g/mol. The van der Waals surface area contributed by atoms with E-state index in [1.54, 1.807) is 0 Å². The van der Waals surface area contributed by atoms with E-state index in [4.69, 9.17) is 0 Å². The van der Waals surface area contributed by atoms with E-state index in [0.29, 0.717) is 0 Å². The molecule has 2 fully saturated rings. The van der Waals surface area contributed by atoms with Gasteiger partial charge in [0.15, 0.2) is 0 Å². The van der Waals surface area contributed by atoms with Gasteiger partial charge in [-0.1, -0.05) is 6.07 Å². The number of nitrogens with zero attached hydrogens (tertiary/aromatic N) is 6. The predicted molar refractivity (Wildman–Crippen MR) is 95.2 cm³/mol. The lowest BCUT2D eigenvalue weighted by Crippen LogP contribution is -2.63. The smallest absolute Gasteiger partial charge is 0.128 e. The summed E-state index contributed by atoms with van der Waals surface area (Å²) in [6.07, 6.45) is 4.86. The van der Waals surface area contributed by atoms with Gasteiger partial charge < -0.3 is 4.90 Å². The fraction of sp³-hybridized carbons (Fsp3) is 0.556. The summed E-state index contributed by atoms with van der Waals surface area (Å²) < 4.78 is 1.98. The maximum Gasteiger partial charge on any atom is 0.128 e. The lowest BCUT2D eigenvalue weighted by molar-refractivity contribution is 0.0313. The first kappa shape index (κ1) is 15.6. The summed E-state index contributed by atoms with van der Waals surface area (Å²) in [7, 11) is 2.02. The standard InChI is InChI=1S/C18H26N6/c1-21-16(5-8-20-21)6-9-22-14-17(15-22)23-10-12-24(13-11-23)18-4-2-3-7-19-18/h2-5,7-8,17H,6,9-15H2,1H3. The zero-order chi connectivity index (χ0) is 16.4. The van der Waals surface area contributed by atoms with Crippen LogP contribution >= 0.6 is 0 Å². The largest absolute Gasteiger partial charge is 0.354 e. The summed E-state index contributed by atoms with van der Waals surface area (Å²) in [6.45, 7) is 8.03. The third kappa shape index (κ3) is 3.30. The molecule has 2 saturated heterocycles. The fourth-order valence-corrected chi connectivity index (χ4v) is 3.73. The number of anilines is 1. The first-order valence-corrected chi connectivity index (χ1v) is 8.89. The minimum Gasteiger partial charge on any atom is -0.354 e. The van der Waals surface area contributed by atoms with Crippen LogP contribution in [0.1, 0.15) is 5.69 Å². The van der Waals surface area contributed by atoms with Gasteiger partial charge in [-0.05, 0) is 18.2 Å². The minimum absolute atomic E-state index is 0.738. The van der Waals surface area contributed by atoms with Crippen molar-refractivity contribution in [3.05, 3.63) is 42.4 Å². The molecule has 0 bridgehead atoms. The van der Waals surface area contributed by atoms with Crippen LogP contribution in [0.3, 0.4) is 0 Å². The molecule has 0 radical (unpaired) electrons. The quantitative estimate of drug-likeness (QED) is 0.815. The second kappa shape index (κ2) is 6.91. The molecule has 2 aliphatic rings. The van der Waals surface area contributed by atoms with Crippen molar-refractivity contribution in [2.75, 3.05) is 50.7 Å². The molecule has 0 aliphatic carbocycles. The van der Waals surface area contributed by atoms with Gasteiger partial charge in [0.1, 0.15) is 5.82 Å². The molecule has 0 aromatic carbocycles. The lowest BCUT2D eigenvalue weighted by atomic mass is 10.1. The highest BCUT2D eigenvalue weighted by Gasteiger charge is 2.33. The number of hydrogen-bond acceptors (Lipinski definition) is 5. The monoisotopic (exact) mass is 326 g/mol. The van der Waals surface area contributed by atoms with Crippen LogP contribution in [0.25, 0.3) is 0 Å². The molecule has 4 rings (SSSR count). The Hall–Kier alpha value is -1.92. The summed E-state index contributed by atoms with van der Waals surface area (Å²) in [4.78, 5) is 12.1. The third-order valence-corrected chi connectivity index (χ3v) is 5.35. The number of pyridine rings is 1. The van der Waals surface area contributed by atoms with Crippen molar-refractivity contribution in [2.45, 2.75) is 12.5 Å². The Morgan fingerprint density at radius 2 is 1.88 bits per heavy atom. The van der Waals surface area contributed by atoms with Gasteiger partial charge in [-0.3, -0.25) is 14.5 Å². The van der Waals surface area contributed by atoms with Crippen LogP contribution in [0.4, 0.5) is 5.82 Å². The summed E-state index contributed by atoms with van der Waals surface area (Å²) in [5.41, 5.74) is 1.32. The van der Waals surface area contributed by atoms with E-state index in [1.807, 2.05) is 30.2 Å². The van der Waals surface area contributed by atoms with Crippen LogP contribution in [0.5, 0.6) is 0 Å². The number of aromatic nitrogens is 3. The van der Waals surface area contributed by atoms with Crippen molar-refractivity contribution < 1.29 is 0 Å². The van der Waals surface area contributed by atoms with Crippen LogP contribution in [0.2, 0.25) is 0 Å². The van der Waals surface area contributed by atoms with E-state index in [-0.39, 0.29) is 0 Å². The van der Waals surface area contributed by atoms with Gasteiger partial charge in [-0.15, -0.1) is 0 Å². The van der Waals surface area contributed by atoms with Gasteiger partial charge >= 0.3 is 0 Å². The van der Waals surface area contributed by atoms with Gasteiger partial charge in [-0.25, -0.2) is 4.98 Å². The topological polar surface area (TPSA) is 40.4 Å². The first-order valence-electron chi connectivity index (χ1n) is 8.89. The van der Waals surface area contributed by atoms with Crippen molar-refractivity contribution in [1.29, 1.82) is 0 Å². The average Bonchev–Trinajstić information content (AvgIpc) is 3.00. The number of hydrogen-bond donors (Lipinski definition) is 0. The van der Waals surface area contributed by atoms with E-state index in [0.717, 1.165) is 51.0 Å². The molecular formula is C18H26N6. The Bertz CT molecular complexity index is 641. The maximum atomic E-state index is 4.47. The summed E-state index contributed by atoms with van der Waals surface area (Å²) in [6, 6.07) is 9.02. The Balaban J connectivity index is 1.19. The van der Waals surface area contributed by atoms with Crippen molar-refractivity contribution in [2.24, 2.45) is 7.05 Å².